The summed E-state index contributed by atoms with van der Waals surface area (Å²) in [6.07, 6.45) is 3.63. The number of amides is 1. The van der Waals surface area contributed by atoms with Gasteiger partial charge in [0, 0.05) is 26.1 Å². The van der Waals surface area contributed by atoms with Gasteiger partial charge in [0.2, 0.25) is 5.91 Å². The van der Waals surface area contributed by atoms with E-state index in [2.05, 4.69) is 31.0 Å². The molecular formula is C14H28N2O. The molecule has 0 aromatic carbocycles. The Hall–Kier alpha value is -0.570. The van der Waals surface area contributed by atoms with E-state index >= 15 is 0 Å². The summed E-state index contributed by atoms with van der Waals surface area (Å²) in [5, 5.41) is 3.05. The van der Waals surface area contributed by atoms with Crippen molar-refractivity contribution in [1.82, 2.24) is 10.2 Å². The fraction of sp³-hybridized carbons (Fsp3) is 0.929. The maximum absolute atomic E-state index is 11.1. The van der Waals surface area contributed by atoms with Crippen LogP contribution in [0.2, 0.25) is 0 Å². The molecule has 1 aliphatic rings. The molecule has 1 heterocycles. The highest BCUT2D eigenvalue weighted by Gasteiger charge is 2.21. The molecule has 1 amide bonds. The highest BCUT2D eigenvalue weighted by molar-refractivity contribution is 5.73. The van der Waals surface area contributed by atoms with E-state index in [4.69, 9.17) is 0 Å². The number of carbonyl (C=O) groups excluding carboxylic acids is 1. The van der Waals surface area contributed by atoms with E-state index in [1.165, 1.54) is 25.9 Å². The molecule has 0 aliphatic carbocycles. The zero-order valence-corrected chi connectivity index (χ0v) is 11.8. The van der Waals surface area contributed by atoms with Crippen LogP contribution in [-0.2, 0) is 4.79 Å². The Balaban J connectivity index is 2.31. The summed E-state index contributed by atoms with van der Waals surface area (Å²) in [4.78, 5) is 13.6. The van der Waals surface area contributed by atoms with Gasteiger partial charge in [0.15, 0.2) is 0 Å². The lowest BCUT2D eigenvalue weighted by Gasteiger charge is -2.34. The molecular weight excluding hydrogens is 212 g/mol. The van der Waals surface area contributed by atoms with Crippen LogP contribution in [0.25, 0.3) is 0 Å². The van der Waals surface area contributed by atoms with E-state index in [0.29, 0.717) is 6.04 Å². The molecule has 1 N–H and O–H groups in total. The fourth-order valence-electron chi connectivity index (χ4n) is 2.95. The molecule has 1 aliphatic heterocycles. The largest absolute Gasteiger partial charge is 0.352 e. The molecule has 1 rings (SSSR count). The highest BCUT2D eigenvalue weighted by Crippen LogP contribution is 2.16. The first kappa shape index (κ1) is 14.5. The Morgan fingerprint density at radius 2 is 2.12 bits per heavy atom. The Morgan fingerprint density at radius 3 is 2.71 bits per heavy atom. The summed E-state index contributed by atoms with van der Waals surface area (Å²) >= 11 is 0. The minimum atomic E-state index is 0.104. The van der Waals surface area contributed by atoms with Crippen molar-refractivity contribution < 1.29 is 4.79 Å². The highest BCUT2D eigenvalue weighted by atomic mass is 16.1. The number of nitrogens with zero attached hydrogens (tertiary/aromatic N) is 1. The van der Waals surface area contributed by atoms with Crippen LogP contribution in [0.5, 0.6) is 0 Å². The summed E-state index contributed by atoms with van der Waals surface area (Å²) < 4.78 is 0. The second-order valence-corrected chi connectivity index (χ2v) is 6.03. The van der Waals surface area contributed by atoms with Gasteiger partial charge in [0.05, 0.1) is 0 Å². The first-order chi connectivity index (χ1) is 7.97. The monoisotopic (exact) mass is 240 g/mol. The topological polar surface area (TPSA) is 32.3 Å². The predicted octanol–water partition coefficient (Wildman–Crippen LogP) is 2.27. The van der Waals surface area contributed by atoms with Crippen molar-refractivity contribution in [2.45, 2.75) is 53.0 Å². The number of nitrogens with one attached hydrogen (secondary N) is 1. The Bertz CT molecular complexity index is 240. The lowest BCUT2D eigenvalue weighted by atomic mass is 9.97. The molecule has 2 atom stereocenters. The standard InChI is InChI=1S/C14H28N2O/c1-11(2)8-12(3)9-16-7-5-6-14(10-16)15-13(4)17/h11-12,14H,5-10H2,1-4H3,(H,15,17). The summed E-state index contributed by atoms with van der Waals surface area (Å²) in [5.41, 5.74) is 0. The quantitative estimate of drug-likeness (QED) is 0.799. The van der Waals surface area contributed by atoms with Crippen LogP contribution in [-0.4, -0.2) is 36.5 Å². The number of hydrogen-bond acceptors (Lipinski definition) is 2. The SMILES string of the molecule is CC(=O)NC1CCCN(CC(C)CC(C)C)C1. The molecule has 0 aromatic heterocycles. The second kappa shape index (κ2) is 7.00. The van der Waals surface area contributed by atoms with Gasteiger partial charge in [-0.05, 0) is 37.6 Å². The van der Waals surface area contributed by atoms with Crippen LogP contribution in [0.3, 0.4) is 0 Å². The van der Waals surface area contributed by atoms with Crippen molar-refractivity contribution in [2.24, 2.45) is 11.8 Å². The third-order valence-corrected chi connectivity index (χ3v) is 3.36. The minimum absolute atomic E-state index is 0.104. The number of carbonyl (C=O) groups is 1. The average Bonchev–Trinajstić information content (AvgIpc) is 2.14. The molecule has 2 unspecified atom stereocenters. The van der Waals surface area contributed by atoms with Crippen LogP contribution in [0.15, 0.2) is 0 Å². The van der Waals surface area contributed by atoms with E-state index in [-0.39, 0.29) is 5.91 Å². The molecule has 0 saturated carbocycles. The third-order valence-electron chi connectivity index (χ3n) is 3.36. The van der Waals surface area contributed by atoms with E-state index in [0.717, 1.165) is 24.8 Å². The molecule has 3 nitrogen and oxygen atoms in total. The zero-order valence-electron chi connectivity index (χ0n) is 11.8. The fourth-order valence-corrected chi connectivity index (χ4v) is 2.95. The van der Waals surface area contributed by atoms with Crippen LogP contribution in [0.1, 0.15) is 47.0 Å². The number of piperidine rings is 1. The minimum Gasteiger partial charge on any atom is -0.352 e. The van der Waals surface area contributed by atoms with Crippen LogP contribution >= 0.6 is 0 Å². The zero-order chi connectivity index (χ0) is 12.8. The average molecular weight is 240 g/mol. The van der Waals surface area contributed by atoms with Gasteiger partial charge >= 0.3 is 0 Å². The van der Waals surface area contributed by atoms with E-state index in [1.807, 2.05) is 0 Å². The van der Waals surface area contributed by atoms with Gasteiger partial charge < -0.3 is 10.2 Å². The van der Waals surface area contributed by atoms with Crippen LogP contribution in [0, 0.1) is 11.8 Å². The van der Waals surface area contributed by atoms with E-state index < -0.39 is 0 Å². The second-order valence-electron chi connectivity index (χ2n) is 6.03. The molecule has 100 valence electrons. The van der Waals surface area contributed by atoms with E-state index in [1.54, 1.807) is 6.92 Å². The maximum Gasteiger partial charge on any atom is 0.217 e. The molecule has 17 heavy (non-hydrogen) atoms. The Labute approximate surface area is 106 Å². The summed E-state index contributed by atoms with van der Waals surface area (Å²) in [5.74, 6) is 1.64. The van der Waals surface area contributed by atoms with Gasteiger partial charge in [0.1, 0.15) is 0 Å². The lowest BCUT2D eigenvalue weighted by molar-refractivity contribution is -0.120. The van der Waals surface area contributed by atoms with Crippen LogP contribution in [0.4, 0.5) is 0 Å². The molecule has 0 spiro atoms. The molecule has 0 aromatic rings. The van der Waals surface area contributed by atoms with E-state index in [9.17, 15) is 4.79 Å². The summed E-state index contributed by atoms with van der Waals surface area (Å²) in [6, 6.07) is 0.368. The van der Waals surface area contributed by atoms with Gasteiger partial charge in [0.25, 0.3) is 0 Å². The smallest absolute Gasteiger partial charge is 0.217 e. The number of hydrogen-bond donors (Lipinski definition) is 1. The van der Waals surface area contributed by atoms with Crippen molar-refractivity contribution >= 4 is 5.91 Å². The van der Waals surface area contributed by atoms with Gasteiger partial charge in [-0.3, -0.25) is 4.79 Å². The Morgan fingerprint density at radius 1 is 1.41 bits per heavy atom. The normalized spacial score (nSPS) is 23.7. The maximum atomic E-state index is 11.1. The summed E-state index contributed by atoms with van der Waals surface area (Å²) in [6.45, 7) is 11.9. The molecule has 1 fully saturated rings. The first-order valence-corrected chi connectivity index (χ1v) is 6.96. The molecule has 3 heteroatoms. The van der Waals surface area contributed by atoms with Crippen molar-refractivity contribution in [3.8, 4) is 0 Å². The van der Waals surface area contributed by atoms with Gasteiger partial charge in [-0.2, -0.15) is 0 Å². The first-order valence-electron chi connectivity index (χ1n) is 6.96. The third kappa shape index (κ3) is 6.06. The Kier molecular flexibility index (Phi) is 5.96. The van der Waals surface area contributed by atoms with Crippen molar-refractivity contribution in [3.05, 3.63) is 0 Å². The van der Waals surface area contributed by atoms with Crippen molar-refractivity contribution in [2.75, 3.05) is 19.6 Å². The molecule has 1 saturated heterocycles. The van der Waals surface area contributed by atoms with Gasteiger partial charge in [-0.1, -0.05) is 20.8 Å². The number of likely N-dealkylation sites (tertiary alicyclic amines) is 1. The number of rotatable bonds is 5. The van der Waals surface area contributed by atoms with Crippen LogP contribution < -0.4 is 5.32 Å². The van der Waals surface area contributed by atoms with Crippen molar-refractivity contribution in [1.29, 1.82) is 0 Å². The summed E-state index contributed by atoms with van der Waals surface area (Å²) in [7, 11) is 0. The lowest BCUT2D eigenvalue weighted by Crippen LogP contribution is -2.48. The predicted molar refractivity (Wildman–Crippen MR) is 71.9 cm³/mol. The van der Waals surface area contributed by atoms with Gasteiger partial charge in [-0.25, -0.2) is 0 Å². The van der Waals surface area contributed by atoms with Crippen molar-refractivity contribution in [3.63, 3.8) is 0 Å². The van der Waals surface area contributed by atoms with Gasteiger partial charge in [-0.15, -0.1) is 0 Å². The molecule has 0 bridgehead atoms. The molecule has 0 radical (unpaired) electrons.